The quantitative estimate of drug-likeness (QED) is 0.727. The molecular formula is C22H25N5O. The summed E-state index contributed by atoms with van der Waals surface area (Å²) >= 11 is 0. The molecule has 0 spiro atoms. The Kier molecular flexibility index (Phi) is 5.37. The minimum absolute atomic E-state index is 0.202. The Labute approximate surface area is 165 Å². The number of fused-ring (bicyclic) bond motifs is 1. The summed E-state index contributed by atoms with van der Waals surface area (Å²) in [5, 5.41) is 11.8. The van der Waals surface area contributed by atoms with Gasteiger partial charge in [0.05, 0.1) is 6.54 Å². The van der Waals surface area contributed by atoms with E-state index in [0.717, 1.165) is 42.9 Å². The third-order valence-electron chi connectivity index (χ3n) is 5.02. The lowest BCUT2D eigenvalue weighted by atomic mass is 10.1. The summed E-state index contributed by atoms with van der Waals surface area (Å²) in [5.41, 5.74) is 2.99. The maximum absolute atomic E-state index is 13.2. The van der Waals surface area contributed by atoms with Crippen molar-refractivity contribution in [1.29, 1.82) is 0 Å². The molecule has 0 fully saturated rings. The van der Waals surface area contributed by atoms with E-state index < -0.39 is 0 Å². The molecule has 6 heteroatoms. The average molecular weight is 375 g/mol. The number of nitrogens with zero attached hydrogens (tertiary/aromatic N) is 4. The lowest BCUT2D eigenvalue weighted by Crippen LogP contribution is -2.36. The number of carbonyl (C=O) groups excluding carboxylic acids is 1. The molecule has 3 aromatic rings. The summed E-state index contributed by atoms with van der Waals surface area (Å²) < 4.78 is 2.10. The van der Waals surface area contributed by atoms with E-state index in [9.17, 15) is 4.79 Å². The number of benzene rings is 2. The van der Waals surface area contributed by atoms with Gasteiger partial charge in [0, 0.05) is 18.7 Å². The van der Waals surface area contributed by atoms with Crippen LogP contribution in [0.15, 0.2) is 54.6 Å². The standard InChI is InChI=1S/C22H25N5O/c1-17-9-8-10-18(15-17)16-27(22(28)23-19-11-4-2-5-12-19)21-25-24-20-13-6-3-7-14-26(20)21/h2,4-5,8-12,15H,3,6-7,13-14,16H2,1H3,(H,23,28). The Bertz CT molecular complexity index is 951. The lowest BCUT2D eigenvalue weighted by molar-refractivity contribution is 0.256. The minimum atomic E-state index is -0.202. The molecule has 6 nitrogen and oxygen atoms in total. The largest absolute Gasteiger partial charge is 0.329 e. The molecule has 4 rings (SSSR count). The normalized spacial score (nSPS) is 13.5. The molecule has 1 aromatic heterocycles. The fourth-order valence-electron chi connectivity index (χ4n) is 3.61. The Morgan fingerprint density at radius 3 is 2.75 bits per heavy atom. The summed E-state index contributed by atoms with van der Waals surface area (Å²) in [6.45, 7) is 3.35. The highest BCUT2D eigenvalue weighted by Gasteiger charge is 2.25. The molecule has 144 valence electrons. The summed E-state index contributed by atoms with van der Waals surface area (Å²) in [6, 6.07) is 17.5. The van der Waals surface area contributed by atoms with E-state index in [1.807, 2.05) is 42.5 Å². The summed E-state index contributed by atoms with van der Waals surface area (Å²) in [7, 11) is 0. The van der Waals surface area contributed by atoms with Crippen molar-refractivity contribution in [2.45, 2.75) is 45.7 Å². The van der Waals surface area contributed by atoms with Crippen LogP contribution in [-0.4, -0.2) is 20.8 Å². The molecule has 0 aliphatic carbocycles. The number of urea groups is 1. The van der Waals surface area contributed by atoms with Crippen molar-refractivity contribution in [2.75, 3.05) is 10.2 Å². The molecule has 2 aromatic carbocycles. The maximum Gasteiger partial charge on any atom is 0.329 e. The van der Waals surface area contributed by atoms with Crippen LogP contribution >= 0.6 is 0 Å². The predicted molar refractivity (Wildman–Crippen MR) is 110 cm³/mol. The van der Waals surface area contributed by atoms with E-state index >= 15 is 0 Å². The van der Waals surface area contributed by atoms with Crippen molar-refractivity contribution >= 4 is 17.7 Å². The second kappa shape index (κ2) is 8.25. The number of carbonyl (C=O) groups is 1. The molecule has 0 saturated carbocycles. The highest BCUT2D eigenvalue weighted by Crippen LogP contribution is 2.23. The first-order valence-electron chi connectivity index (χ1n) is 9.82. The van der Waals surface area contributed by atoms with Gasteiger partial charge in [0.25, 0.3) is 0 Å². The zero-order valence-corrected chi connectivity index (χ0v) is 16.1. The van der Waals surface area contributed by atoms with Gasteiger partial charge < -0.3 is 5.32 Å². The monoisotopic (exact) mass is 375 g/mol. The van der Waals surface area contributed by atoms with Crippen molar-refractivity contribution in [3.8, 4) is 0 Å². The van der Waals surface area contributed by atoms with Crippen LogP contribution < -0.4 is 10.2 Å². The van der Waals surface area contributed by atoms with E-state index in [-0.39, 0.29) is 6.03 Å². The van der Waals surface area contributed by atoms with Crippen molar-refractivity contribution in [2.24, 2.45) is 0 Å². The number of rotatable bonds is 4. The molecule has 1 N–H and O–H groups in total. The number of amides is 2. The van der Waals surface area contributed by atoms with Crippen LogP contribution in [0.25, 0.3) is 0 Å². The summed E-state index contributed by atoms with van der Waals surface area (Å²) in [4.78, 5) is 14.9. The van der Waals surface area contributed by atoms with Gasteiger partial charge in [0.1, 0.15) is 5.82 Å². The molecule has 0 unspecified atom stereocenters. The van der Waals surface area contributed by atoms with E-state index in [4.69, 9.17) is 0 Å². The van der Waals surface area contributed by atoms with E-state index in [0.29, 0.717) is 12.5 Å². The van der Waals surface area contributed by atoms with Crippen LogP contribution in [0.1, 0.15) is 36.2 Å². The first-order valence-corrected chi connectivity index (χ1v) is 9.82. The number of hydrogen-bond donors (Lipinski definition) is 1. The van der Waals surface area contributed by atoms with Crippen LogP contribution in [0.3, 0.4) is 0 Å². The summed E-state index contributed by atoms with van der Waals surface area (Å²) in [5.74, 6) is 1.58. The molecule has 2 amide bonds. The molecule has 0 bridgehead atoms. The van der Waals surface area contributed by atoms with Gasteiger partial charge in [-0.25, -0.2) is 4.79 Å². The van der Waals surface area contributed by atoms with Crippen LogP contribution in [-0.2, 0) is 19.5 Å². The molecule has 0 radical (unpaired) electrons. The van der Waals surface area contributed by atoms with Crippen LogP contribution in [0.5, 0.6) is 0 Å². The van der Waals surface area contributed by atoms with E-state index in [2.05, 4.69) is 39.1 Å². The molecule has 1 aliphatic rings. The average Bonchev–Trinajstić information content (AvgIpc) is 2.94. The van der Waals surface area contributed by atoms with Crippen molar-refractivity contribution in [1.82, 2.24) is 14.8 Å². The van der Waals surface area contributed by atoms with Gasteiger partial charge in [-0.2, -0.15) is 0 Å². The van der Waals surface area contributed by atoms with Gasteiger partial charge in [0.15, 0.2) is 0 Å². The van der Waals surface area contributed by atoms with Gasteiger partial charge >= 0.3 is 6.03 Å². The molecular weight excluding hydrogens is 350 g/mol. The third kappa shape index (κ3) is 4.06. The van der Waals surface area contributed by atoms with Crippen molar-refractivity contribution < 1.29 is 4.79 Å². The second-order valence-electron chi connectivity index (χ2n) is 7.25. The van der Waals surface area contributed by atoms with Crippen LogP contribution in [0, 0.1) is 6.92 Å². The third-order valence-corrected chi connectivity index (χ3v) is 5.02. The Balaban J connectivity index is 1.67. The van der Waals surface area contributed by atoms with Gasteiger partial charge in [0.2, 0.25) is 5.95 Å². The van der Waals surface area contributed by atoms with E-state index in [1.165, 1.54) is 12.0 Å². The number of nitrogens with one attached hydrogen (secondary N) is 1. The number of anilines is 2. The summed E-state index contributed by atoms with van der Waals surface area (Å²) in [6.07, 6.45) is 4.28. The fraction of sp³-hybridized carbons (Fsp3) is 0.318. The molecule has 28 heavy (non-hydrogen) atoms. The number of aryl methyl sites for hydroxylation is 2. The Morgan fingerprint density at radius 1 is 1.07 bits per heavy atom. The van der Waals surface area contributed by atoms with Gasteiger partial charge in [-0.05, 0) is 37.5 Å². The smallest absolute Gasteiger partial charge is 0.307 e. The highest BCUT2D eigenvalue weighted by atomic mass is 16.2. The number of aromatic nitrogens is 3. The zero-order chi connectivity index (χ0) is 19.3. The molecule has 0 saturated heterocycles. The number of para-hydroxylation sites is 1. The van der Waals surface area contributed by atoms with Crippen LogP contribution in [0.2, 0.25) is 0 Å². The second-order valence-corrected chi connectivity index (χ2v) is 7.25. The van der Waals surface area contributed by atoms with Gasteiger partial charge in [-0.1, -0.05) is 54.4 Å². The first kappa shape index (κ1) is 18.2. The van der Waals surface area contributed by atoms with Crippen molar-refractivity contribution in [3.05, 3.63) is 71.5 Å². The Morgan fingerprint density at radius 2 is 1.93 bits per heavy atom. The molecule has 2 heterocycles. The zero-order valence-electron chi connectivity index (χ0n) is 16.1. The molecule has 0 atom stereocenters. The first-order chi connectivity index (χ1) is 13.7. The minimum Gasteiger partial charge on any atom is -0.307 e. The number of hydrogen-bond acceptors (Lipinski definition) is 3. The lowest BCUT2D eigenvalue weighted by Gasteiger charge is -2.23. The van der Waals surface area contributed by atoms with Gasteiger partial charge in [-0.15, -0.1) is 10.2 Å². The topological polar surface area (TPSA) is 63.1 Å². The maximum atomic E-state index is 13.2. The van der Waals surface area contributed by atoms with Crippen LogP contribution in [0.4, 0.5) is 16.4 Å². The highest BCUT2D eigenvalue weighted by molar-refractivity contribution is 6.00. The Hall–Kier alpha value is -3.15. The van der Waals surface area contributed by atoms with E-state index in [1.54, 1.807) is 4.90 Å². The van der Waals surface area contributed by atoms with Gasteiger partial charge in [-0.3, -0.25) is 9.47 Å². The predicted octanol–water partition coefficient (Wildman–Crippen LogP) is 4.55. The fourth-order valence-corrected chi connectivity index (χ4v) is 3.61. The molecule has 1 aliphatic heterocycles. The SMILES string of the molecule is Cc1cccc(CN(C(=O)Nc2ccccc2)c2nnc3n2CCCCC3)c1. The van der Waals surface area contributed by atoms with Crippen molar-refractivity contribution in [3.63, 3.8) is 0 Å².